The van der Waals surface area contributed by atoms with E-state index < -0.39 is 5.92 Å². The Morgan fingerprint density at radius 2 is 1.80 bits per heavy atom. The molecular formula is C27H25Cl2N3O2S. The maximum Gasteiger partial charge on any atom is 0.257 e. The summed E-state index contributed by atoms with van der Waals surface area (Å²) in [7, 11) is 0. The number of thioether (sulfide) groups is 1. The number of nitrogens with one attached hydrogen (secondary N) is 2. The van der Waals surface area contributed by atoms with Crippen molar-refractivity contribution in [2.24, 2.45) is 5.41 Å². The summed E-state index contributed by atoms with van der Waals surface area (Å²) in [5, 5.41) is 4.68. The molecule has 5 rings (SSSR count). The first-order valence-corrected chi connectivity index (χ1v) is 13.2. The second kappa shape index (κ2) is 9.16. The molecule has 0 fully saturated rings. The topological polar surface area (TPSA) is 74.8 Å². The van der Waals surface area contributed by atoms with Crippen LogP contribution in [0.3, 0.4) is 0 Å². The third kappa shape index (κ3) is 4.80. The molecule has 1 atom stereocenters. The number of anilines is 1. The third-order valence-electron chi connectivity index (χ3n) is 6.47. The van der Waals surface area contributed by atoms with Crippen molar-refractivity contribution in [3.8, 4) is 0 Å². The van der Waals surface area contributed by atoms with Crippen molar-refractivity contribution >= 4 is 46.6 Å². The van der Waals surface area contributed by atoms with Gasteiger partial charge in [-0.05, 0) is 42.0 Å². The zero-order chi connectivity index (χ0) is 24.9. The zero-order valence-electron chi connectivity index (χ0n) is 19.7. The summed E-state index contributed by atoms with van der Waals surface area (Å²) >= 11 is 14.0. The Hall–Kier alpha value is -2.54. The number of aryl methyl sites for hydroxylation is 1. The fourth-order valence-corrected chi connectivity index (χ4v) is 5.95. The number of aromatic nitrogens is 2. The van der Waals surface area contributed by atoms with E-state index in [-0.39, 0.29) is 16.8 Å². The molecule has 2 N–H and O–H groups in total. The van der Waals surface area contributed by atoms with E-state index in [9.17, 15) is 9.59 Å². The predicted octanol–water partition coefficient (Wildman–Crippen LogP) is 6.88. The minimum atomic E-state index is -0.563. The van der Waals surface area contributed by atoms with Crippen LogP contribution >= 0.6 is 35.0 Å². The monoisotopic (exact) mass is 525 g/mol. The van der Waals surface area contributed by atoms with Crippen LogP contribution in [0.25, 0.3) is 0 Å². The van der Waals surface area contributed by atoms with Gasteiger partial charge in [-0.15, -0.1) is 0 Å². The lowest BCUT2D eigenvalue weighted by Crippen LogP contribution is -2.37. The van der Waals surface area contributed by atoms with Gasteiger partial charge >= 0.3 is 0 Å². The van der Waals surface area contributed by atoms with E-state index in [1.165, 1.54) is 17.3 Å². The molecule has 8 heteroatoms. The highest BCUT2D eigenvalue weighted by molar-refractivity contribution is 7.98. The second-order valence-electron chi connectivity index (χ2n) is 9.97. The van der Waals surface area contributed by atoms with Gasteiger partial charge in [-0.2, -0.15) is 0 Å². The number of halogens is 2. The summed E-state index contributed by atoms with van der Waals surface area (Å²) in [5.74, 6) is 0.632. The van der Waals surface area contributed by atoms with Crippen LogP contribution in [0.2, 0.25) is 10.0 Å². The summed E-state index contributed by atoms with van der Waals surface area (Å²) in [6, 6.07) is 13.5. The number of hydrogen-bond acceptors (Lipinski definition) is 5. The summed E-state index contributed by atoms with van der Waals surface area (Å²) < 4.78 is 0. The molecule has 0 bridgehead atoms. The van der Waals surface area contributed by atoms with Gasteiger partial charge in [-0.25, -0.2) is 4.98 Å². The lowest BCUT2D eigenvalue weighted by Gasteiger charge is -2.38. The molecule has 1 aliphatic heterocycles. The fourth-order valence-electron chi connectivity index (χ4n) is 4.82. The van der Waals surface area contributed by atoms with Crippen LogP contribution in [0.15, 0.2) is 63.7 Å². The van der Waals surface area contributed by atoms with E-state index in [1.807, 2.05) is 6.07 Å². The van der Waals surface area contributed by atoms with Crippen LogP contribution in [0.5, 0.6) is 0 Å². The molecule has 0 saturated carbocycles. The standard InChI is InChI=1S/C27H25Cl2N3O2S/c1-14-4-6-15(7-5-14)13-35-26-31-24-23(25(34)32-26)21(16-8-9-17(28)18(29)10-16)22-19(30-24)11-27(2,3)12-20(22)33/h4-10,21H,11-13H2,1-3H3,(H2,30,31,32,34). The highest BCUT2D eigenvalue weighted by Crippen LogP contribution is 2.48. The van der Waals surface area contributed by atoms with Crippen LogP contribution in [0.1, 0.15) is 54.9 Å². The summed E-state index contributed by atoms with van der Waals surface area (Å²) in [6.07, 6.45) is 1.10. The number of Topliss-reactive ketones (excluding diaryl/α,β-unsaturated/α-hetero) is 1. The van der Waals surface area contributed by atoms with Crippen LogP contribution in [0.4, 0.5) is 5.82 Å². The maximum atomic E-state index is 13.4. The molecule has 1 aromatic heterocycles. The predicted molar refractivity (Wildman–Crippen MR) is 143 cm³/mol. The van der Waals surface area contributed by atoms with Crippen molar-refractivity contribution in [1.82, 2.24) is 9.97 Å². The Labute approximate surface area is 218 Å². The van der Waals surface area contributed by atoms with Gasteiger partial charge in [0.25, 0.3) is 5.56 Å². The maximum absolute atomic E-state index is 13.4. The number of rotatable bonds is 4. The smallest absolute Gasteiger partial charge is 0.257 e. The van der Waals surface area contributed by atoms with E-state index >= 15 is 0 Å². The van der Waals surface area contributed by atoms with Gasteiger partial charge < -0.3 is 10.3 Å². The van der Waals surface area contributed by atoms with Gasteiger partial charge in [0, 0.05) is 29.4 Å². The third-order valence-corrected chi connectivity index (χ3v) is 8.16. The molecule has 1 unspecified atom stereocenters. The lowest BCUT2D eigenvalue weighted by atomic mass is 9.69. The van der Waals surface area contributed by atoms with Gasteiger partial charge in [-0.3, -0.25) is 9.59 Å². The highest BCUT2D eigenvalue weighted by Gasteiger charge is 2.42. The molecular weight excluding hydrogens is 501 g/mol. The molecule has 2 aliphatic rings. The van der Waals surface area contributed by atoms with Gasteiger partial charge in [0.15, 0.2) is 10.9 Å². The minimum absolute atomic E-state index is 0.0303. The van der Waals surface area contributed by atoms with Crippen LogP contribution in [-0.2, 0) is 10.5 Å². The van der Waals surface area contributed by atoms with Gasteiger partial charge in [-0.1, -0.05) is 84.7 Å². The Morgan fingerprint density at radius 3 is 2.51 bits per heavy atom. The highest BCUT2D eigenvalue weighted by atomic mass is 35.5. The van der Waals surface area contributed by atoms with Crippen LogP contribution in [-0.4, -0.2) is 15.8 Å². The van der Waals surface area contributed by atoms with Crippen molar-refractivity contribution < 1.29 is 4.79 Å². The first-order valence-electron chi connectivity index (χ1n) is 11.4. The number of carbonyl (C=O) groups is 1. The Morgan fingerprint density at radius 1 is 1.06 bits per heavy atom. The van der Waals surface area contributed by atoms with Crippen molar-refractivity contribution in [1.29, 1.82) is 0 Å². The minimum Gasteiger partial charge on any atom is -0.343 e. The molecule has 2 aromatic carbocycles. The Bertz CT molecular complexity index is 1430. The number of ketones is 1. The molecule has 3 aromatic rings. The lowest BCUT2D eigenvalue weighted by molar-refractivity contribution is -0.118. The molecule has 180 valence electrons. The molecule has 0 saturated heterocycles. The molecule has 0 amide bonds. The number of aromatic amines is 1. The first-order chi connectivity index (χ1) is 16.6. The number of H-pyrrole nitrogens is 1. The quantitative estimate of drug-likeness (QED) is 0.286. The van der Waals surface area contributed by atoms with Gasteiger partial charge in [0.1, 0.15) is 5.82 Å². The first kappa shape index (κ1) is 24.2. The SMILES string of the molecule is Cc1ccc(CSc2nc3c(c(=O)[nH]2)C(c2ccc(Cl)c(Cl)c2)C2=C(CC(C)(C)CC2=O)N3)cc1. The Kier molecular flexibility index (Phi) is 6.32. The molecule has 5 nitrogen and oxygen atoms in total. The van der Waals surface area contributed by atoms with E-state index in [1.54, 1.807) is 12.1 Å². The van der Waals surface area contributed by atoms with Crippen molar-refractivity contribution in [2.75, 3.05) is 5.32 Å². The number of hydrogen-bond donors (Lipinski definition) is 2. The summed E-state index contributed by atoms with van der Waals surface area (Å²) in [6.45, 7) is 6.21. The van der Waals surface area contributed by atoms with Gasteiger partial charge in [0.05, 0.1) is 15.6 Å². The van der Waals surface area contributed by atoms with Crippen molar-refractivity contribution in [3.63, 3.8) is 0 Å². The van der Waals surface area contributed by atoms with Gasteiger partial charge in [0.2, 0.25) is 0 Å². The summed E-state index contributed by atoms with van der Waals surface area (Å²) in [5.41, 5.74) is 4.49. The molecule has 1 aliphatic carbocycles. The molecule has 0 spiro atoms. The second-order valence-corrected chi connectivity index (χ2v) is 11.8. The summed E-state index contributed by atoms with van der Waals surface area (Å²) in [4.78, 5) is 34.5. The van der Waals surface area contributed by atoms with Crippen LogP contribution in [0, 0.1) is 12.3 Å². The number of fused-ring (bicyclic) bond motifs is 1. The number of nitrogens with zero attached hydrogens (tertiary/aromatic N) is 1. The largest absolute Gasteiger partial charge is 0.343 e. The fraction of sp³-hybridized carbons (Fsp3) is 0.296. The number of benzene rings is 2. The van der Waals surface area contributed by atoms with E-state index in [0.29, 0.717) is 50.8 Å². The molecule has 0 radical (unpaired) electrons. The van der Waals surface area contributed by atoms with Crippen molar-refractivity contribution in [3.05, 3.63) is 96.4 Å². The Balaban J connectivity index is 1.59. The average Bonchev–Trinajstić information content (AvgIpc) is 2.78. The number of allylic oxidation sites excluding steroid dienone is 2. The normalized spacial score (nSPS) is 18.7. The van der Waals surface area contributed by atoms with E-state index in [4.69, 9.17) is 28.2 Å². The van der Waals surface area contributed by atoms with E-state index in [0.717, 1.165) is 16.8 Å². The zero-order valence-corrected chi connectivity index (χ0v) is 22.0. The molecule has 35 heavy (non-hydrogen) atoms. The van der Waals surface area contributed by atoms with E-state index in [2.05, 4.69) is 55.3 Å². The van der Waals surface area contributed by atoms with Crippen molar-refractivity contribution in [2.45, 2.75) is 50.4 Å². The number of carbonyl (C=O) groups excluding carboxylic acids is 1. The van der Waals surface area contributed by atoms with Crippen LogP contribution < -0.4 is 10.9 Å². The molecule has 2 heterocycles. The average molecular weight is 526 g/mol.